The van der Waals surface area contributed by atoms with Gasteiger partial charge in [-0.1, -0.05) is 30.3 Å². The van der Waals surface area contributed by atoms with Gasteiger partial charge in [-0.15, -0.1) is 0 Å². The smallest absolute Gasteiger partial charge is 0.176 e. The van der Waals surface area contributed by atoms with Crippen LogP contribution in [-0.4, -0.2) is 72.7 Å². The van der Waals surface area contributed by atoms with E-state index in [4.69, 9.17) is 0 Å². The van der Waals surface area contributed by atoms with E-state index in [-0.39, 0.29) is 5.78 Å². The zero-order valence-corrected chi connectivity index (χ0v) is 15.4. The summed E-state index contributed by atoms with van der Waals surface area (Å²) in [7, 11) is 2.02. The number of likely N-dealkylation sites (N-methyl/N-ethyl adjacent to an activating group) is 1. The lowest BCUT2D eigenvalue weighted by atomic mass is 10.1. The predicted octanol–water partition coefficient (Wildman–Crippen LogP) is 2.28. The summed E-state index contributed by atoms with van der Waals surface area (Å²) in [6.45, 7) is 11.5. The molecule has 4 nitrogen and oxygen atoms in total. The molecule has 1 saturated heterocycles. The zero-order chi connectivity index (χ0) is 16.7. The molecule has 1 aromatic rings. The fourth-order valence-corrected chi connectivity index (χ4v) is 4.56. The lowest BCUT2D eigenvalue weighted by molar-refractivity contribution is -0.800. The molecular formula is C18H30N3OS+. The van der Waals surface area contributed by atoms with Gasteiger partial charge < -0.3 is 5.32 Å². The summed E-state index contributed by atoms with van der Waals surface area (Å²) in [4.78, 5) is 14.7. The Morgan fingerprint density at radius 2 is 1.91 bits per heavy atom. The van der Waals surface area contributed by atoms with Crippen LogP contribution in [0.3, 0.4) is 0 Å². The number of carbonyl (C=O) groups excluding carboxylic acids is 1. The third kappa shape index (κ3) is 5.60. The highest BCUT2D eigenvalue weighted by atomic mass is 32.2. The van der Waals surface area contributed by atoms with Crippen molar-refractivity contribution < 1.29 is 8.68 Å². The molecule has 0 atom stereocenters. The topological polar surface area (TPSA) is 32.3 Å². The SMILES string of the molecule is CNCC[N+]1(SC(C)C)CCN(CC(=O)c2ccccc2)CC1. The Balaban J connectivity index is 1.89. The van der Waals surface area contributed by atoms with E-state index in [1.54, 1.807) is 0 Å². The maximum absolute atomic E-state index is 12.4. The normalized spacial score (nSPS) is 18.3. The Kier molecular flexibility index (Phi) is 7.09. The summed E-state index contributed by atoms with van der Waals surface area (Å²) in [5.74, 6) is 0.234. The van der Waals surface area contributed by atoms with Crippen LogP contribution < -0.4 is 5.32 Å². The summed E-state index contributed by atoms with van der Waals surface area (Å²) in [6, 6.07) is 9.64. The molecule has 23 heavy (non-hydrogen) atoms. The summed E-state index contributed by atoms with van der Waals surface area (Å²) < 4.78 is 1.11. The van der Waals surface area contributed by atoms with Crippen molar-refractivity contribution >= 4 is 17.7 Å². The van der Waals surface area contributed by atoms with E-state index in [2.05, 4.69) is 36.0 Å². The number of nitrogens with one attached hydrogen (secondary N) is 1. The van der Waals surface area contributed by atoms with E-state index in [1.807, 2.05) is 37.4 Å². The number of nitrogens with zero attached hydrogens (tertiary/aromatic N) is 2. The van der Waals surface area contributed by atoms with Crippen molar-refractivity contribution in [1.82, 2.24) is 10.2 Å². The first-order valence-electron chi connectivity index (χ1n) is 8.54. The lowest BCUT2D eigenvalue weighted by Crippen LogP contribution is -2.58. The highest BCUT2D eigenvalue weighted by Gasteiger charge is 2.35. The molecule has 1 aliphatic rings. The molecule has 128 valence electrons. The van der Waals surface area contributed by atoms with E-state index in [0.29, 0.717) is 11.8 Å². The number of hydrogen-bond donors (Lipinski definition) is 1. The molecule has 1 aromatic carbocycles. The van der Waals surface area contributed by atoms with Gasteiger partial charge in [0.15, 0.2) is 5.78 Å². The van der Waals surface area contributed by atoms with E-state index < -0.39 is 0 Å². The van der Waals surface area contributed by atoms with Crippen LogP contribution in [0.1, 0.15) is 24.2 Å². The van der Waals surface area contributed by atoms with Crippen LogP contribution in [-0.2, 0) is 0 Å². The third-order valence-electron chi connectivity index (χ3n) is 4.31. The fraction of sp³-hybridized carbons (Fsp3) is 0.611. The minimum atomic E-state index is 0.234. The van der Waals surface area contributed by atoms with Crippen LogP contribution in [0.2, 0.25) is 0 Å². The number of benzene rings is 1. The molecule has 0 aliphatic carbocycles. The van der Waals surface area contributed by atoms with Gasteiger partial charge in [-0.25, -0.2) is 0 Å². The molecule has 0 radical (unpaired) electrons. The van der Waals surface area contributed by atoms with Gasteiger partial charge in [0.25, 0.3) is 0 Å². The zero-order valence-electron chi connectivity index (χ0n) is 14.6. The largest absolute Gasteiger partial charge is 0.315 e. The van der Waals surface area contributed by atoms with Crippen molar-refractivity contribution in [2.75, 3.05) is 52.9 Å². The molecule has 0 unspecified atom stereocenters. The molecule has 0 amide bonds. The lowest BCUT2D eigenvalue weighted by Gasteiger charge is -2.43. The van der Waals surface area contributed by atoms with Crippen LogP contribution in [0.25, 0.3) is 0 Å². The first-order valence-corrected chi connectivity index (χ1v) is 9.38. The molecule has 5 heteroatoms. The molecule has 1 aliphatic heterocycles. The van der Waals surface area contributed by atoms with Gasteiger partial charge in [0.05, 0.1) is 23.7 Å². The monoisotopic (exact) mass is 336 g/mol. The van der Waals surface area contributed by atoms with Crippen LogP contribution in [0.15, 0.2) is 30.3 Å². The minimum Gasteiger partial charge on any atom is -0.315 e. The van der Waals surface area contributed by atoms with E-state index >= 15 is 0 Å². The van der Waals surface area contributed by atoms with Crippen LogP contribution in [0.4, 0.5) is 0 Å². The summed E-state index contributed by atoms with van der Waals surface area (Å²) in [5, 5.41) is 3.91. The number of piperazine rings is 1. The molecular weight excluding hydrogens is 306 g/mol. The van der Waals surface area contributed by atoms with E-state index in [0.717, 1.165) is 48.7 Å². The number of hydrogen-bond acceptors (Lipinski definition) is 4. The first-order chi connectivity index (χ1) is 11.0. The van der Waals surface area contributed by atoms with Gasteiger partial charge >= 0.3 is 0 Å². The number of ketones is 1. The standard InChI is InChI=1S/C18H30N3OS/c1-16(2)23-21(12-9-19-3)13-10-20(11-14-21)15-18(22)17-7-5-4-6-8-17/h4-8,16,19H,9-15H2,1-3H3/q+1. The van der Waals surface area contributed by atoms with Gasteiger partial charge in [-0.3, -0.25) is 13.6 Å². The van der Waals surface area contributed by atoms with Crippen molar-refractivity contribution in [2.24, 2.45) is 0 Å². The second-order valence-electron chi connectivity index (χ2n) is 6.55. The van der Waals surface area contributed by atoms with Crippen molar-refractivity contribution in [2.45, 2.75) is 19.1 Å². The Bertz CT molecular complexity index is 484. The Labute approximate surface area is 145 Å². The highest BCUT2D eigenvalue weighted by Crippen LogP contribution is 2.29. The van der Waals surface area contributed by atoms with E-state index in [1.165, 1.54) is 0 Å². The first kappa shape index (κ1) is 18.5. The predicted molar refractivity (Wildman–Crippen MR) is 98.7 cm³/mol. The average molecular weight is 337 g/mol. The fourth-order valence-electron chi connectivity index (χ4n) is 3.09. The van der Waals surface area contributed by atoms with Crippen molar-refractivity contribution in [3.8, 4) is 0 Å². The summed E-state index contributed by atoms with van der Waals surface area (Å²) in [5.41, 5.74) is 0.825. The van der Waals surface area contributed by atoms with Crippen molar-refractivity contribution in [3.05, 3.63) is 35.9 Å². The van der Waals surface area contributed by atoms with Gasteiger partial charge in [0.1, 0.15) is 19.6 Å². The maximum Gasteiger partial charge on any atom is 0.176 e. The number of quaternary nitrogens is 1. The molecule has 1 N–H and O–H groups in total. The van der Waals surface area contributed by atoms with Crippen LogP contribution >= 0.6 is 11.9 Å². The summed E-state index contributed by atoms with van der Waals surface area (Å²) >= 11 is 2.07. The molecule has 2 rings (SSSR count). The molecule has 1 heterocycles. The second kappa shape index (κ2) is 8.83. The Morgan fingerprint density at radius 3 is 2.48 bits per heavy atom. The molecule has 0 spiro atoms. The second-order valence-corrected chi connectivity index (χ2v) is 8.48. The van der Waals surface area contributed by atoms with E-state index in [9.17, 15) is 4.79 Å². The van der Waals surface area contributed by atoms with Gasteiger partial charge in [0, 0.05) is 25.2 Å². The van der Waals surface area contributed by atoms with Gasteiger partial charge in [0.2, 0.25) is 0 Å². The molecule has 0 aromatic heterocycles. The van der Waals surface area contributed by atoms with Crippen molar-refractivity contribution in [1.29, 1.82) is 0 Å². The quantitative estimate of drug-likeness (QED) is 0.448. The molecule has 0 saturated carbocycles. The van der Waals surface area contributed by atoms with Crippen molar-refractivity contribution in [3.63, 3.8) is 0 Å². The number of carbonyl (C=O) groups is 1. The van der Waals surface area contributed by atoms with Crippen LogP contribution in [0.5, 0.6) is 0 Å². The van der Waals surface area contributed by atoms with Gasteiger partial charge in [-0.2, -0.15) is 0 Å². The van der Waals surface area contributed by atoms with Gasteiger partial charge in [-0.05, 0) is 20.9 Å². The Morgan fingerprint density at radius 1 is 1.26 bits per heavy atom. The molecule has 0 bridgehead atoms. The average Bonchev–Trinajstić information content (AvgIpc) is 2.55. The number of rotatable bonds is 8. The Hall–Kier alpha value is -0.880. The number of Topliss-reactive ketones (excluding diaryl/α,β-unsaturated/α-hetero) is 1. The molecule has 1 fully saturated rings. The minimum absolute atomic E-state index is 0.234. The summed E-state index contributed by atoms with van der Waals surface area (Å²) in [6.07, 6.45) is 0. The van der Waals surface area contributed by atoms with Crippen LogP contribution in [0, 0.1) is 0 Å². The third-order valence-corrected chi connectivity index (χ3v) is 5.73. The highest BCUT2D eigenvalue weighted by molar-refractivity contribution is 7.94. The maximum atomic E-state index is 12.4.